The Morgan fingerprint density at radius 2 is 1.84 bits per heavy atom. The van der Waals surface area contributed by atoms with Crippen molar-refractivity contribution in [2.75, 3.05) is 44.7 Å². The van der Waals surface area contributed by atoms with E-state index in [1.807, 2.05) is 6.07 Å². The Morgan fingerprint density at radius 1 is 1.13 bits per heavy atom. The predicted octanol–water partition coefficient (Wildman–Crippen LogP) is 2.79. The molecule has 3 rings (SSSR count). The molecule has 2 amide bonds. The Bertz CT molecular complexity index is 1020. The Labute approximate surface area is 178 Å². The number of benzene rings is 2. The predicted molar refractivity (Wildman–Crippen MR) is 113 cm³/mol. The second-order valence-corrected chi connectivity index (χ2v) is 6.86. The number of nitrogens with one attached hydrogen (secondary N) is 1. The lowest BCUT2D eigenvalue weighted by atomic mass is 10.0. The fourth-order valence-electron chi connectivity index (χ4n) is 3.51. The molecular formula is C21H23N3O7. The topological polar surface area (TPSA) is 120 Å². The van der Waals surface area contributed by atoms with Crippen LogP contribution in [0.5, 0.6) is 11.5 Å². The van der Waals surface area contributed by atoms with Crippen molar-refractivity contribution in [3.8, 4) is 11.5 Å². The molecule has 0 unspecified atom stereocenters. The van der Waals surface area contributed by atoms with Crippen LogP contribution in [-0.2, 0) is 16.0 Å². The van der Waals surface area contributed by atoms with E-state index in [-0.39, 0.29) is 29.6 Å². The number of nitrogens with zero attached hydrogens (tertiary/aromatic N) is 2. The van der Waals surface area contributed by atoms with Crippen LogP contribution in [0.25, 0.3) is 0 Å². The first-order valence-electron chi connectivity index (χ1n) is 9.53. The molecule has 1 heterocycles. The molecule has 0 radical (unpaired) electrons. The molecule has 0 saturated carbocycles. The number of hydrogen-bond acceptors (Lipinski definition) is 7. The van der Waals surface area contributed by atoms with Gasteiger partial charge in [0.15, 0.2) is 11.5 Å². The third-order valence-electron chi connectivity index (χ3n) is 4.97. The van der Waals surface area contributed by atoms with Gasteiger partial charge in [0.2, 0.25) is 0 Å². The highest BCUT2D eigenvalue weighted by atomic mass is 16.6. The van der Waals surface area contributed by atoms with E-state index >= 15 is 0 Å². The molecule has 2 aromatic rings. The zero-order valence-electron chi connectivity index (χ0n) is 17.5. The van der Waals surface area contributed by atoms with Gasteiger partial charge >= 0.3 is 0 Å². The van der Waals surface area contributed by atoms with E-state index in [2.05, 4.69) is 5.32 Å². The van der Waals surface area contributed by atoms with Gasteiger partial charge in [0.1, 0.15) is 12.2 Å². The summed E-state index contributed by atoms with van der Waals surface area (Å²) in [7, 11) is 4.18. The number of anilines is 2. The van der Waals surface area contributed by atoms with Gasteiger partial charge in [0.05, 0.1) is 25.2 Å². The third kappa shape index (κ3) is 4.58. The van der Waals surface area contributed by atoms with Gasteiger partial charge in [-0.2, -0.15) is 0 Å². The van der Waals surface area contributed by atoms with Crippen LogP contribution in [0, 0.1) is 10.1 Å². The third-order valence-corrected chi connectivity index (χ3v) is 4.97. The lowest BCUT2D eigenvalue weighted by molar-refractivity contribution is -0.385. The zero-order chi connectivity index (χ0) is 22.5. The smallest absolute Gasteiger partial charge is 0.286 e. The SMILES string of the molecule is COCC(=O)N1CCCc2ccc(NC(=O)c3cc(OC)c(OC)cc3[N+](=O)[O-])cc21. The molecule has 0 aliphatic carbocycles. The number of hydrogen-bond donors (Lipinski definition) is 1. The fourth-order valence-corrected chi connectivity index (χ4v) is 3.51. The number of ether oxygens (including phenoxy) is 3. The number of rotatable bonds is 7. The first kappa shape index (κ1) is 22.0. The van der Waals surface area contributed by atoms with E-state index < -0.39 is 16.5 Å². The van der Waals surface area contributed by atoms with Gasteiger partial charge in [-0.3, -0.25) is 19.7 Å². The Kier molecular flexibility index (Phi) is 6.71. The minimum atomic E-state index is -0.682. The first-order chi connectivity index (χ1) is 14.9. The molecule has 164 valence electrons. The molecule has 1 aliphatic rings. The van der Waals surface area contributed by atoms with Crippen LogP contribution in [0.15, 0.2) is 30.3 Å². The number of nitro benzene ring substituents is 1. The molecule has 0 bridgehead atoms. The monoisotopic (exact) mass is 429 g/mol. The number of carbonyl (C=O) groups excluding carboxylic acids is 2. The average Bonchev–Trinajstić information content (AvgIpc) is 2.77. The van der Waals surface area contributed by atoms with Crippen molar-refractivity contribution in [3.05, 3.63) is 51.6 Å². The van der Waals surface area contributed by atoms with Gasteiger partial charge in [0, 0.05) is 31.1 Å². The molecule has 0 atom stereocenters. The highest BCUT2D eigenvalue weighted by Crippen LogP contribution is 2.35. The van der Waals surface area contributed by atoms with E-state index in [1.54, 1.807) is 17.0 Å². The van der Waals surface area contributed by atoms with Gasteiger partial charge in [-0.05, 0) is 30.5 Å². The molecule has 0 spiro atoms. The van der Waals surface area contributed by atoms with Gasteiger partial charge < -0.3 is 24.4 Å². The molecule has 0 fully saturated rings. The standard InChI is InChI=1S/C21H23N3O7/c1-29-12-20(25)23-8-4-5-13-6-7-14(9-16(13)23)22-21(26)15-10-18(30-2)19(31-3)11-17(15)24(27)28/h6-7,9-11H,4-5,8,12H2,1-3H3,(H,22,26). The van der Waals surface area contributed by atoms with Gasteiger partial charge in [0.25, 0.3) is 17.5 Å². The summed E-state index contributed by atoms with van der Waals surface area (Å²) in [4.78, 5) is 37.7. The van der Waals surface area contributed by atoms with E-state index in [1.165, 1.54) is 27.4 Å². The number of carbonyl (C=O) groups is 2. The van der Waals surface area contributed by atoms with Crippen molar-refractivity contribution in [2.45, 2.75) is 12.8 Å². The lowest BCUT2D eigenvalue weighted by Gasteiger charge is -2.29. The molecule has 0 saturated heterocycles. The summed E-state index contributed by atoms with van der Waals surface area (Å²) in [6.07, 6.45) is 1.63. The molecule has 31 heavy (non-hydrogen) atoms. The van der Waals surface area contributed by atoms with Crippen LogP contribution in [0.3, 0.4) is 0 Å². The summed E-state index contributed by atoms with van der Waals surface area (Å²) in [6.45, 7) is 0.502. The van der Waals surface area contributed by atoms with E-state index in [9.17, 15) is 19.7 Å². The van der Waals surface area contributed by atoms with Crippen molar-refractivity contribution in [1.29, 1.82) is 0 Å². The fraction of sp³-hybridized carbons (Fsp3) is 0.333. The minimum Gasteiger partial charge on any atom is -0.493 e. The number of amides is 2. The van der Waals surface area contributed by atoms with Crippen LogP contribution in [0.2, 0.25) is 0 Å². The molecule has 1 aliphatic heterocycles. The van der Waals surface area contributed by atoms with Gasteiger partial charge in [-0.15, -0.1) is 0 Å². The first-order valence-corrected chi connectivity index (χ1v) is 9.53. The second-order valence-electron chi connectivity index (χ2n) is 6.86. The molecule has 0 aromatic heterocycles. The van der Waals surface area contributed by atoms with Crippen LogP contribution >= 0.6 is 0 Å². The highest BCUT2D eigenvalue weighted by Gasteiger charge is 2.26. The number of aryl methyl sites for hydroxylation is 1. The molecule has 10 heteroatoms. The molecular weight excluding hydrogens is 406 g/mol. The summed E-state index contributed by atoms with van der Waals surface area (Å²) in [6, 6.07) is 7.63. The van der Waals surface area contributed by atoms with Crippen LogP contribution in [0.1, 0.15) is 22.3 Å². The maximum absolute atomic E-state index is 12.9. The molecule has 1 N–H and O–H groups in total. The van der Waals surface area contributed by atoms with Crippen molar-refractivity contribution in [2.24, 2.45) is 0 Å². The highest BCUT2D eigenvalue weighted by molar-refractivity contribution is 6.08. The van der Waals surface area contributed by atoms with Crippen LogP contribution < -0.4 is 19.7 Å². The van der Waals surface area contributed by atoms with Crippen LogP contribution in [-0.4, -0.2) is 51.2 Å². The summed E-state index contributed by atoms with van der Waals surface area (Å²) in [5, 5.41) is 14.2. The minimum absolute atomic E-state index is 0.0478. The number of fused-ring (bicyclic) bond motifs is 1. The van der Waals surface area contributed by atoms with Gasteiger partial charge in [-0.25, -0.2) is 0 Å². The number of nitro groups is 1. The van der Waals surface area contributed by atoms with Crippen molar-refractivity contribution < 1.29 is 28.7 Å². The molecule has 2 aromatic carbocycles. The lowest BCUT2D eigenvalue weighted by Crippen LogP contribution is -2.37. The number of methoxy groups -OCH3 is 3. The summed E-state index contributed by atoms with van der Waals surface area (Å²) in [5.74, 6) is -0.521. The summed E-state index contributed by atoms with van der Waals surface area (Å²) >= 11 is 0. The van der Waals surface area contributed by atoms with Gasteiger partial charge in [-0.1, -0.05) is 6.07 Å². The largest absolute Gasteiger partial charge is 0.493 e. The molecule has 10 nitrogen and oxygen atoms in total. The Balaban J connectivity index is 1.93. The van der Waals surface area contributed by atoms with Crippen molar-refractivity contribution in [1.82, 2.24) is 0 Å². The summed E-state index contributed by atoms with van der Waals surface area (Å²) < 4.78 is 15.2. The van der Waals surface area contributed by atoms with Crippen molar-refractivity contribution in [3.63, 3.8) is 0 Å². The van der Waals surface area contributed by atoms with Crippen molar-refractivity contribution >= 4 is 28.9 Å². The normalized spacial score (nSPS) is 12.7. The summed E-state index contributed by atoms with van der Waals surface area (Å²) in [5.41, 5.74) is 1.49. The maximum atomic E-state index is 12.9. The van der Waals surface area contributed by atoms with E-state index in [4.69, 9.17) is 14.2 Å². The van der Waals surface area contributed by atoms with E-state index in [0.717, 1.165) is 24.5 Å². The zero-order valence-corrected chi connectivity index (χ0v) is 17.5. The van der Waals surface area contributed by atoms with Crippen LogP contribution in [0.4, 0.5) is 17.1 Å². The Hall–Kier alpha value is -3.66. The maximum Gasteiger partial charge on any atom is 0.286 e. The average molecular weight is 429 g/mol. The Morgan fingerprint density at radius 3 is 2.48 bits per heavy atom. The van der Waals surface area contributed by atoms with E-state index in [0.29, 0.717) is 17.9 Å². The second kappa shape index (κ2) is 9.43. The quantitative estimate of drug-likeness (QED) is 0.531.